The predicted octanol–water partition coefficient (Wildman–Crippen LogP) is 8.72. The molecule has 5 aromatic rings. The summed E-state index contributed by atoms with van der Waals surface area (Å²) in [5.74, 6) is -1.13. The molecule has 6 nitrogen and oxygen atoms in total. The molecule has 1 saturated heterocycles. The Bertz CT molecular complexity index is 1640. The van der Waals surface area contributed by atoms with Crippen LogP contribution in [0.1, 0.15) is 41.2 Å². The van der Waals surface area contributed by atoms with Gasteiger partial charge in [0.2, 0.25) is 0 Å². The standard InChI is InChI=1S/C44H48O6/c1-2-44(49-29-28-35-18-8-3-9-19-35)43(48-33-39-26-16-7-17-27-39)42(47-32-38-24-14-6-15-25-38)41(46-31-37-22-12-5-13-23-37)40(50-44)34-45-30-36-20-10-4-11-21-36/h3-27,40-43H,2,28-34H2,1H3/t40-,41-,42+,43-,44+/m1/s1. The molecular weight excluding hydrogens is 624 g/mol. The van der Waals surface area contributed by atoms with Gasteiger partial charge in [-0.1, -0.05) is 159 Å². The van der Waals surface area contributed by atoms with E-state index in [0.717, 1.165) is 28.7 Å². The molecule has 0 aliphatic carbocycles. The second kappa shape index (κ2) is 18.7. The molecule has 1 fully saturated rings. The molecule has 50 heavy (non-hydrogen) atoms. The van der Waals surface area contributed by atoms with Crippen LogP contribution >= 0.6 is 0 Å². The van der Waals surface area contributed by atoms with Crippen LogP contribution in [0.25, 0.3) is 0 Å². The average molecular weight is 673 g/mol. The molecular formula is C44H48O6. The van der Waals surface area contributed by atoms with E-state index in [2.05, 4.69) is 79.7 Å². The van der Waals surface area contributed by atoms with Crippen molar-refractivity contribution in [2.45, 2.75) is 76.4 Å². The molecule has 6 rings (SSSR count). The number of benzene rings is 5. The van der Waals surface area contributed by atoms with E-state index >= 15 is 0 Å². The Morgan fingerprint density at radius 3 is 1.40 bits per heavy atom. The van der Waals surface area contributed by atoms with Gasteiger partial charge < -0.3 is 28.4 Å². The Kier molecular flexibility index (Phi) is 13.4. The van der Waals surface area contributed by atoms with Gasteiger partial charge in [-0.05, 0) is 34.2 Å². The van der Waals surface area contributed by atoms with E-state index in [9.17, 15) is 0 Å². The van der Waals surface area contributed by atoms with Crippen molar-refractivity contribution in [3.8, 4) is 0 Å². The van der Waals surface area contributed by atoms with Gasteiger partial charge in [-0.2, -0.15) is 0 Å². The van der Waals surface area contributed by atoms with Crippen molar-refractivity contribution in [3.05, 3.63) is 179 Å². The average Bonchev–Trinajstić information content (AvgIpc) is 3.18. The van der Waals surface area contributed by atoms with Crippen LogP contribution in [0.3, 0.4) is 0 Å². The summed E-state index contributed by atoms with van der Waals surface area (Å²) in [6.45, 7) is 4.39. The van der Waals surface area contributed by atoms with Gasteiger partial charge in [-0.25, -0.2) is 0 Å². The van der Waals surface area contributed by atoms with Crippen molar-refractivity contribution in [2.75, 3.05) is 13.2 Å². The van der Waals surface area contributed by atoms with Crippen molar-refractivity contribution < 1.29 is 28.4 Å². The van der Waals surface area contributed by atoms with E-state index in [1.165, 1.54) is 5.56 Å². The van der Waals surface area contributed by atoms with E-state index in [1.54, 1.807) is 0 Å². The molecule has 0 amide bonds. The number of hydrogen-bond acceptors (Lipinski definition) is 6. The first kappa shape index (κ1) is 35.7. The Morgan fingerprint density at radius 2 is 0.920 bits per heavy atom. The highest BCUT2D eigenvalue weighted by atomic mass is 16.7. The summed E-state index contributed by atoms with van der Waals surface area (Å²) in [7, 11) is 0. The number of ether oxygens (including phenoxy) is 6. The third-order valence-electron chi connectivity index (χ3n) is 9.08. The zero-order valence-electron chi connectivity index (χ0n) is 28.8. The molecule has 0 aromatic heterocycles. The normalized spacial score (nSPS) is 21.9. The van der Waals surface area contributed by atoms with Crippen LogP contribution in [0, 0.1) is 0 Å². The lowest BCUT2D eigenvalue weighted by molar-refractivity contribution is -0.383. The smallest absolute Gasteiger partial charge is 0.197 e. The van der Waals surface area contributed by atoms with Gasteiger partial charge in [-0.15, -0.1) is 0 Å². The van der Waals surface area contributed by atoms with Gasteiger partial charge in [0.05, 0.1) is 39.6 Å². The maximum atomic E-state index is 7.11. The minimum absolute atomic E-state index is 0.286. The Hall–Kier alpha value is -4.14. The Balaban J connectivity index is 1.33. The summed E-state index contributed by atoms with van der Waals surface area (Å²) in [6, 6.07) is 51.1. The van der Waals surface area contributed by atoms with E-state index in [-0.39, 0.29) is 6.61 Å². The summed E-state index contributed by atoms with van der Waals surface area (Å²) in [6.07, 6.45) is -0.913. The monoisotopic (exact) mass is 672 g/mol. The van der Waals surface area contributed by atoms with Crippen molar-refractivity contribution in [1.29, 1.82) is 0 Å². The van der Waals surface area contributed by atoms with E-state index < -0.39 is 30.2 Å². The summed E-state index contributed by atoms with van der Waals surface area (Å²) in [5, 5.41) is 0. The first-order valence-electron chi connectivity index (χ1n) is 17.7. The zero-order chi connectivity index (χ0) is 34.3. The molecule has 5 atom stereocenters. The molecule has 0 unspecified atom stereocenters. The molecule has 1 aliphatic heterocycles. The van der Waals surface area contributed by atoms with Gasteiger partial charge in [0, 0.05) is 6.42 Å². The quantitative estimate of drug-likeness (QED) is 0.0929. The molecule has 1 aliphatic rings. The van der Waals surface area contributed by atoms with Crippen LogP contribution in [0.15, 0.2) is 152 Å². The number of rotatable bonds is 18. The second-order valence-corrected chi connectivity index (χ2v) is 12.6. The summed E-state index contributed by atoms with van der Waals surface area (Å²) in [4.78, 5) is 0. The van der Waals surface area contributed by atoms with Gasteiger partial charge >= 0.3 is 0 Å². The van der Waals surface area contributed by atoms with E-state index in [0.29, 0.717) is 39.5 Å². The molecule has 1 heterocycles. The Morgan fingerprint density at radius 1 is 0.500 bits per heavy atom. The first-order valence-corrected chi connectivity index (χ1v) is 17.7. The minimum Gasteiger partial charge on any atom is -0.374 e. The van der Waals surface area contributed by atoms with Gasteiger partial charge in [0.25, 0.3) is 0 Å². The van der Waals surface area contributed by atoms with Gasteiger partial charge in [0.1, 0.15) is 24.4 Å². The lowest BCUT2D eigenvalue weighted by Gasteiger charge is -2.52. The van der Waals surface area contributed by atoms with Crippen molar-refractivity contribution in [2.24, 2.45) is 0 Å². The highest BCUT2D eigenvalue weighted by Crippen LogP contribution is 2.40. The highest BCUT2D eigenvalue weighted by molar-refractivity contribution is 5.18. The molecule has 5 aromatic carbocycles. The maximum absolute atomic E-state index is 7.11. The molecule has 0 spiro atoms. The fraction of sp³-hybridized carbons (Fsp3) is 0.318. The third kappa shape index (κ3) is 9.98. The maximum Gasteiger partial charge on any atom is 0.197 e. The SMILES string of the molecule is CC[C@]1(OCCc2ccccc2)O[C@H](COCc2ccccc2)[C@@H](OCc2ccccc2)[C@H](OCc2ccccc2)[C@H]1OCc1ccccc1. The van der Waals surface area contributed by atoms with Gasteiger partial charge in [-0.3, -0.25) is 0 Å². The van der Waals surface area contributed by atoms with Crippen molar-refractivity contribution >= 4 is 0 Å². The minimum atomic E-state index is -1.13. The highest BCUT2D eigenvalue weighted by Gasteiger charge is 2.57. The van der Waals surface area contributed by atoms with Crippen LogP contribution in [0.2, 0.25) is 0 Å². The van der Waals surface area contributed by atoms with Crippen LogP contribution < -0.4 is 0 Å². The van der Waals surface area contributed by atoms with E-state index in [1.807, 2.05) is 78.9 Å². The lowest BCUT2D eigenvalue weighted by Crippen LogP contribution is -2.68. The summed E-state index contributed by atoms with van der Waals surface area (Å²) < 4.78 is 41.0. The van der Waals surface area contributed by atoms with Gasteiger partial charge in [0.15, 0.2) is 5.79 Å². The fourth-order valence-corrected chi connectivity index (χ4v) is 6.41. The van der Waals surface area contributed by atoms with Crippen LogP contribution in [-0.2, 0) is 61.3 Å². The summed E-state index contributed by atoms with van der Waals surface area (Å²) in [5.41, 5.74) is 5.46. The predicted molar refractivity (Wildman–Crippen MR) is 195 cm³/mol. The Labute approximate surface area is 296 Å². The third-order valence-corrected chi connectivity index (χ3v) is 9.08. The largest absolute Gasteiger partial charge is 0.374 e. The topological polar surface area (TPSA) is 55.4 Å². The second-order valence-electron chi connectivity index (χ2n) is 12.6. The molecule has 6 heteroatoms. The van der Waals surface area contributed by atoms with Crippen molar-refractivity contribution in [1.82, 2.24) is 0 Å². The zero-order valence-corrected chi connectivity index (χ0v) is 28.8. The number of hydrogen-bond donors (Lipinski definition) is 0. The molecule has 0 radical (unpaired) electrons. The summed E-state index contributed by atoms with van der Waals surface area (Å²) >= 11 is 0. The lowest BCUT2D eigenvalue weighted by atomic mass is 9.89. The molecule has 0 N–H and O–H groups in total. The molecule has 260 valence electrons. The molecule has 0 bridgehead atoms. The van der Waals surface area contributed by atoms with Crippen molar-refractivity contribution in [3.63, 3.8) is 0 Å². The fourth-order valence-electron chi connectivity index (χ4n) is 6.41. The van der Waals surface area contributed by atoms with Crippen LogP contribution in [0.5, 0.6) is 0 Å². The van der Waals surface area contributed by atoms with Crippen LogP contribution in [-0.4, -0.2) is 43.4 Å². The molecule has 0 saturated carbocycles. The van der Waals surface area contributed by atoms with Crippen LogP contribution in [0.4, 0.5) is 0 Å². The van der Waals surface area contributed by atoms with E-state index in [4.69, 9.17) is 28.4 Å². The first-order chi connectivity index (χ1) is 24.7.